The van der Waals surface area contributed by atoms with Crippen LogP contribution in [0.5, 0.6) is 0 Å². The van der Waals surface area contributed by atoms with E-state index in [4.69, 9.17) is 0 Å². The van der Waals surface area contributed by atoms with Crippen LogP contribution in [0.25, 0.3) is 6.08 Å². The fraction of sp³-hybridized carbons (Fsp3) is 0. The van der Waals surface area contributed by atoms with Crippen LogP contribution in [0.1, 0.15) is 5.56 Å². The van der Waals surface area contributed by atoms with E-state index in [1.165, 1.54) is 5.56 Å². The topological polar surface area (TPSA) is 0 Å². The Balaban J connectivity index is 1.88. The first-order valence-electron chi connectivity index (χ1n) is 5.60. The van der Waals surface area contributed by atoms with Gasteiger partial charge in [0.15, 0.2) is 0 Å². The summed E-state index contributed by atoms with van der Waals surface area (Å²) in [5.41, 5.74) is 1.43. The summed E-state index contributed by atoms with van der Waals surface area (Å²) in [4.78, 5) is 0. The van der Waals surface area contributed by atoms with Crippen molar-refractivity contribution in [2.24, 2.45) is 0 Å². The van der Waals surface area contributed by atoms with Gasteiger partial charge in [0.2, 0.25) is 0 Å². The van der Waals surface area contributed by atoms with E-state index in [2.05, 4.69) is 66.7 Å². The van der Waals surface area contributed by atoms with Gasteiger partial charge in [0.1, 0.15) is 0 Å². The quantitative estimate of drug-likeness (QED) is 0.713. The Morgan fingerprint density at radius 1 is 0.765 bits per heavy atom. The summed E-state index contributed by atoms with van der Waals surface area (Å²) < 4.78 is 4.83. The van der Waals surface area contributed by atoms with Gasteiger partial charge in [-0.25, -0.2) is 0 Å². The summed E-state index contributed by atoms with van der Waals surface area (Å²) in [6, 6.07) is 19.7. The summed E-state index contributed by atoms with van der Waals surface area (Å²) >= 11 is 0.152. The first-order chi connectivity index (χ1) is 8.42. The maximum absolute atomic E-state index is 2.37. The van der Waals surface area contributed by atoms with E-state index in [1.807, 2.05) is 0 Å². The van der Waals surface area contributed by atoms with Crippen molar-refractivity contribution in [3.05, 3.63) is 66.2 Å². The van der Waals surface area contributed by atoms with Crippen LogP contribution in [-0.4, -0.2) is 34.2 Å². The van der Waals surface area contributed by atoms with E-state index < -0.39 is 0 Å². The summed E-state index contributed by atoms with van der Waals surface area (Å²) in [5.74, 6) is 0. The van der Waals surface area contributed by atoms with Crippen molar-refractivity contribution in [2.45, 2.75) is 0 Å². The zero-order valence-corrected chi connectivity index (χ0v) is 13.3. The molecule has 0 saturated carbocycles. The molecule has 82 valence electrons. The number of rotatable bonds is 2. The molecule has 0 bridgehead atoms. The van der Waals surface area contributed by atoms with Gasteiger partial charge in [-0.15, -0.1) is 0 Å². The van der Waals surface area contributed by atoms with Gasteiger partial charge in [0, 0.05) is 0 Å². The zero-order valence-electron chi connectivity index (χ0n) is 9.30. The van der Waals surface area contributed by atoms with Crippen LogP contribution in [0.2, 0.25) is 0 Å². The summed E-state index contributed by atoms with van der Waals surface area (Å²) in [5, 5.41) is 0. The van der Waals surface area contributed by atoms with Crippen molar-refractivity contribution in [3.63, 3.8) is 0 Å². The number of allylic oxidation sites excluding steroid dienone is 1. The molecule has 1 heterocycles. The molecular weight excluding hydrogens is 330 g/mol. The molecule has 1 atom stereocenters. The van der Waals surface area contributed by atoms with Crippen LogP contribution in [0, 0.1) is 0 Å². The van der Waals surface area contributed by atoms with E-state index in [1.54, 1.807) is 11.8 Å². The second-order valence-electron chi connectivity index (χ2n) is 3.88. The molecule has 1 aliphatic heterocycles. The minimum atomic E-state index is -0.0924. The van der Waals surface area contributed by atoms with Crippen LogP contribution < -0.4 is 8.70 Å². The van der Waals surface area contributed by atoms with Gasteiger partial charge in [0.25, 0.3) is 0 Å². The molecular formula is C15H12As2. The molecule has 0 nitrogen and oxygen atoms in total. The fourth-order valence-corrected chi connectivity index (χ4v) is 8.75. The van der Waals surface area contributed by atoms with Crippen molar-refractivity contribution < 1.29 is 0 Å². The van der Waals surface area contributed by atoms with Crippen molar-refractivity contribution in [3.8, 4) is 0 Å². The zero-order chi connectivity index (χ0) is 11.5. The summed E-state index contributed by atoms with van der Waals surface area (Å²) in [6.07, 6.45) is 4.66. The Kier molecular flexibility index (Phi) is 3.45. The second-order valence-corrected chi connectivity index (χ2v) is 11.2. The van der Waals surface area contributed by atoms with Crippen LogP contribution in [0.4, 0.5) is 0 Å². The number of hydrogen-bond acceptors (Lipinski definition) is 0. The van der Waals surface area contributed by atoms with Crippen molar-refractivity contribution in [1.29, 1.82) is 0 Å². The second kappa shape index (κ2) is 5.21. The van der Waals surface area contributed by atoms with Gasteiger partial charge < -0.3 is 0 Å². The Labute approximate surface area is 115 Å². The molecule has 17 heavy (non-hydrogen) atoms. The Bertz CT molecular complexity index is 583. The molecule has 0 fully saturated rings. The van der Waals surface area contributed by atoms with Crippen LogP contribution in [0.3, 0.4) is 0 Å². The average molecular weight is 342 g/mol. The third-order valence-electron chi connectivity index (χ3n) is 2.64. The minimum absolute atomic E-state index is 0.0924. The third-order valence-corrected chi connectivity index (χ3v) is 9.45. The SMILES string of the molecule is C1=Cc2ccccc2[As]=C1[AsH]c1ccccc1. The predicted octanol–water partition coefficient (Wildman–Crippen LogP) is 0.935. The first kappa shape index (κ1) is 11.3. The van der Waals surface area contributed by atoms with Crippen molar-refractivity contribution in [2.75, 3.05) is 0 Å². The van der Waals surface area contributed by atoms with Gasteiger partial charge in [-0.3, -0.25) is 0 Å². The van der Waals surface area contributed by atoms with Gasteiger partial charge in [0.05, 0.1) is 0 Å². The molecule has 1 aliphatic rings. The Morgan fingerprint density at radius 2 is 1.53 bits per heavy atom. The van der Waals surface area contributed by atoms with Crippen molar-refractivity contribution >= 4 is 48.9 Å². The monoisotopic (exact) mass is 342 g/mol. The van der Waals surface area contributed by atoms with Gasteiger partial charge in [-0.05, 0) is 0 Å². The molecule has 0 spiro atoms. The molecule has 0 radical (unpaired) electrons. The van der Waals surface area contributed by atoms with Crippen LogP contribution in [-0.2, 0) is 0 Å². The van der Waals surface area contributed by atoms with Crippen LogP contribution >= 0.6 is 0 Å². The molecule has 0 N–H and O–H groups in total. The van der Waals surface area contributed by atoms with E-state index in [0.29, 0.717) is 0 Å². The number of benzene rings is 2. The number of hydrogen-bond donors (Lipinski definition) is 0. The number of fused-ring (bicyclic) bond motifs is 1. The fourth-order valence-electron chi connectivity index (χ4n) is 1.81. The van der Waals surface area contributed by atoms with Crippen molar-refractivity contribution in [1.82, 2.24) is 0 Å². The van der Waals surface area contributed by atoms with E-state index in [0.717, 1.165) is 0 Å². The predicted molar refractivity (Wildman–Crippen MR) is 79.1 cm³/mol. The summed E-state index contributed by atoms with van der Waals surface area (Å²) in [7, 11) is 0. The molecule has 0 amide bonds. The van der Waals surface area contributed by atoms with E-state index >= 15 is 0 Å². The van der Waals surface area contributed by atoms with Gasteiger partial charge >= 0.3 is 115 Å². The average Bonchev–Trinajstić information content (AvgIpc) is 2.40. The molecule has 0 aromatic heterocycles. The normalized spacial score (nSPS) is 14.7. The van der Waals surface area contributed by atoms with Gasteiger partial charge in [-0.1, -0.05) is 0 Å². The molecule has 2 heteroatoms. The van der Waals surface area contributed by atoms with E-state index in [9.17, 15) is 0 Å². The van der Waals surface area contributed by atoms with Gasteiger partial charge in [-0.2, -0.15) is 0 Å². The molecule has 1 unspecified atom stereocenters. The van der Waals surface area contributed by atoms with Crippen LogP contribution in [0.15, 0.2) is 60.7 Å². The molecule has 3 rings (SSSR count). The Morgan fingerprint density at radius 3 is 2.41 bits per heavy atom. The molecule has 2 aromatic carbocycles. The maximum atomic E-state index is 2.37. The summed E-state index contributed by atoms with van der Waals surface area (Å²) in [6.45, 7) is 0. The molecule has 0 aliphatic carbocycles. The first-order valence-corrected chi connectivity index (χ1v) is 9.57. The molecule has 2 aromatic rings. The molecule has 0 saturated heterocycles. The Hall–Kier alpha value is -0.833. The van der Waals surface area contributed by atoms with E-state index in [-0.39, 0.29) is 31.1 Å². The standard InChI is InChI=1S/C15H12As2/c1-2-7-13(8-3-1)16-15-11-10-12-6-4-5-9-14(12)17-15/h1-11,16H. The third kappa shape index (κ3) is 2.71.